The van der Waals surface area contributed by atoms with Gasteiger partial charge in [-0.15, -0.1) is 0 Å². The first-order valence-corrected chi connectivity index (χ1v) is 18.4. The molecule has 1 N–H and O–H groups in total. The second-order valence-corrected chi connectivity index (χ2v) is 15.6. The molecule has 3 aromatic carbocycles. The molecular weight excluding hydrogens is 611 g/mol. The Labute approximate surface area is 276 Å². The van der Waals surface area contributed by atoms with E-state index in [4.69, 9.17) is 4.98 Å². The number of carbonyl (C=O) groups is 2. The van der Waals surface area contributed by atoms with Crippen LogP contribution in [0.5, 0.6) is 0 Å². The lowest BCUT2D eigenvalue weighted by Crippen LogP contribution is -2.49. The molecule has 244 valence electrons. The van der Waals surface area contributed by atoms with Gasteiger partial charge in [0.05, 0.1) is 22.3 Å². The van der Waals surface area contributed by atoms with E-state index in [9.17, 15) is 18.0 Å². The summed E-state index contributed by atoms with van der Waals surface area (Å²) in [7, 11) is -3.88. The molecule has 1 aromatic heterocycles. The molecule has 2 amide bonds. The lowest BCUT2D eigenvalue weighted by molar-refractivity contribution is -0.118. The zero-order valence-electron chi connectivity index (χ0n) is 26.8. The third-order valence-electron chi connectivity index (χ3n) is 11.4. The molecule has 3 fully saturated rings. The van der Waals surface area contributed by atoms with E-state index in [0.29, 0.717) is 42.3 Å². The van der Waals surface area contributed by atoms with Crippen LogP contribution in [0.1, 0.15) is 78.3 Å². The summed E-state index contributed by atoms with van der Waals surface area (Å²) < 4.78 is 29.3. The van der Waals surface area contributed by atoms with E-state index in [-0.39, 0.29) is 22.6 Å². The molecule has 0 aliphatic carbocycles. The van der Waals surface area contributed by atoms with E-state index in [2.05, 4.69) is 71.0 Å². The monoisotopic (exact) mass is 651 g/mol. The fraction of sp³-hybridized carbons (Fsp3) is 0.432. The lowest BCUT2D eigenvalue weighted by Gasteiger charge is -2.45. The summed E-state index contributed by atoms with van der Waals surface area (Å²) in [5.41, 5.74) is 4.47. The van der Waals surface area contributed by atoms with E-state index in [1.54, 1.807) is 12.1 Å². The summed E-state index contributed by atoms with van der Waals surface area (Å²) in [6, 6.07) is 25.6. The van der Waals surface area contributed by atoms with Crippen molar-refractivity contribution in [2.75, 3.05) is 19.6 Å². The topological polar surface area (TPSA) is 105 Å². The first-order chi connectivity index (χ1) is 22.7. The SMILES string of the molecule is Cc1nc2ccccc2n1C1CC2CCC(C1)N2CCC1(c2ccccc2)CCN(C(=O)c2ccc3c(c2)CC(=O)NS3(=O)=O)CC1. The number of aromatic nitrogens is 2. The van der Waals surface area contributed by atoms with Crippen molar-refractivity contribution in [1.29, 1.82) is 0 Å². The molecule has 4 aromatic rings. The van der Waals surface area contributed by atoms with Crippen molar-refractivity contribution < 1.29 is 18.0 Å². The molecule has 10 heteroatoms. The minimum Gasteiger partial charge on any atom is -0.339 e. The quantitative estimate of drug-likeness (QED) is 0.310. The summed E-state index contributed by atoms with van der Waals surface area (Å²) in [6.07, 6.45) is 7.55. The Morgan fingerprint density at radius 3 is 2.38 bits per heavy atom. The molecule has 2 bridgehead atoms. The minimum absolute atomic E-state index is 0.0204. The Morgan fingerprint density at radius 2 is 1.64 bits per heavy atom. The Morgan fingerprint density at radius 1 is 0.936 bits per heavy atom. The predicted octanol–water partition coefficient (Wildman–Crippen LogP) is 5.14. The maximum atomic E-state index is 13.7. The molecule has 3 saturated heterocycles. The molecule has 8 rings (SSSR count). The number of para-hydroxylation sites is 2. The van der Waals surface area contributed by atoms with Gasteiger partial charge in [-0.2, -0.15) is 0 Å². The average molecular weight is 652 g/mol. The van der Waals surface area contributed by atoms with Gasteiger partial charge in [-0.05, 0) is 105 Å². The zero-order chi connectivity index (χ0) is 32.3. The maximum absolute atomic E-state index is 13.7. The number of aryl methyl sites for hydroxylation is 1. The first kappa shape index (κ1) is 30.3. The van der Waals surface area contributed by atoms with Crippen LogP contribution in [0, 0.1) is 6.92 Å². The number of likely N-dealkylation sites (tertiary alicyclic amines) is 1. The highest BCUT2D eigenvalue weighted by Gasteiger charge is 2.44. The van der Waals surface area contributed by atoms with Gasteiger partial charge in [-0.25, -0.2) is 18.1 Å². The second kappa shape index (κ2) is 11.6. The number of amides is 2. The van der Waals surface area contributed by atoms with Gasteiger partial charge in [0.2, 0.25) is 5.91 Å². The summed E-state index contributed by atoms with van der Waals surface area (Å²) in [4.78, 5) is 35.3. The highest BCUT2D eigenvalue weighted by Crippen LogP contribution is 2.45. The van der Waals surface area contributed by atoms with Gasteiger partial charge >= 0.3 is 0 Å². The second-order valence-electron chi connectivity index (χ2n) is 14.0. The van der Waals surface area contributed by atoms with E-state index in [1.165, 1.54) is 30.0 Å². The molecule has 0 radical (unpaired) electrons. The Kier molecular flexibility index (Phi) is 7.48. The van der Waals surface area contributed by atoms with Crippen molar-refractivity contribution in [2.45, 2.75) is 86.7 Å². The zero-order valence-corrected chi connectivity index (χ0v) is 27.6. The number of rotatable bonds is 6. The number of nitrogens with zero attached hydrogens (tertiary/aromatic N) is 4. The van der Waals surface area contributed by atoms with Gasteiger partial charge in [-0.3, -0.25) is 14.5 Å². The Bertz CT molecular complexity index is 1950. The van der Waals surface area contributed by atoms with Gasteiger partial charge in [0, 0.05) is 36.8 Å². The largest absolute Gasteiger partial charge is 0.339 e. The summed E-state index contributed by atoms with van der Waals surface area (Å²) >= 11 is 0. The normalized spacial score (nSPS) is 25.0. The van der Waals surface area contributed by atoms with Crippen LogP contribution in [0.25, 0.3) is 11.0 Å². The molecular formula is C37H41N5O4S. The summed E-state index contributed by atoms with van der Waals surface area (Å²) in [5, 5.41) is 0. The average Bonchev–Trinajstić information content (AvgIpc) is 3.53. The highest BCUT2D eigenvalue weighted by atomic mass is 32.2. The molecule has 2 atom stereocenters. The van der Waals surface area contributed by atoms with Crippen LogP contribution in [-0.2, 0) is 26.7 Å². The molecule has 2 unspecified atom stereocenters. The van der Waals surface area contributed by atoms with Crippen LogP contribution < -0.4 is 4.72 Å². The fourth-order valence-electron chi connectivity index (χ4n) is 9.11. The van der Waals surface area contributed by atoms with Gasteiger partial charge in [0.25, 0.3) is 15.9 Å². The number of carbonyl (C=O) groups excluding carboxylic acids is 2. The third kappa shape index (κ3) is 5.35. The van der Waals surface area contributed by atoms with Crippen LogP contribution in [-0.4, -0.2) is 71.3 Å². The Hall–Kier alpha value is -4.02. The molecule has 47 heavy (non-hydrogen) atoms. The number of nitrogens with one attached hydrogen (secondary N) is 1. The maximum Gasteiger partial charge on any atom is 0.264 e. The van der Waals surface area contributed by atoms with E-state index in [1.807, 2.05) is 9.62 Å². The fourth-order valence-corrected chi connectivity index (χ4v) is 10.3. The Balaban J connectivity index is 0.974. The molecule has 5 heterocycles. The summed E-state index contributed by atoms with van der Waals surface area (Å²) in [6.45, 7) is 4.45. The van der Waals surface area contributed by atoms with Crippen molar-refractivity contribution in [2.24, 2.45) is 0 Å². The standard InChI is InChI=1S/C37H41N5O4S/c1-25-38-32-9-5-6-10-33(32)42(25)31-23-29-12-13-30(24-31)41(29)20-17-37(28-7-3-2-4-8-28)15-18-40(19-16-37)36(44)26-11-14-34-27(21-26)22-35(43)39-47(34,45)46/h2-11,14,21,29-31H,12-13,15-20,22-24H2,1H3,(H,39,43). The minimum atomic E-state index is -3.88. The first-order valence-electron chi connectivity index (χ1n) is 16.9. The van der Waals surface area contributed by atoms with Crippen molar-refractivity contribution in [3.8, 4) is 0 Å². The number of hydrogen-bond donors (Lipinski definition) is 1. The van der Waals surface area contributed by atoms with Gasteiger partial charge < -0.3 is 9.47 Å². The molecule has 0 spiro atoms. The summed E-state index contributed by atoms with van der Waals surface area (Å²) in [5.74, 6) is 0.426. The molecule has 4 aliphatic heterocycles. The lowest BCUT2D eigenvalue weighted by atomic mass is 9.70. The van der Waals surface area contributed by atoms with Crippen molar-refractivity contribution >= 4 is 32.9 Å². The van der Waals surface area contributed by atoms with Crippen LogP contribution in [0.2, 0.25) is 0 Å². The van der Waals surface area contributed by atoms with Crippen molar-refractivity contribution in [3.05, 3.63) is 95.3 Å². The number of hydrogen-bond acceptors (Lipinski definition) is 6. The number of fused-ring (bicyclic) bond motifs is 4. The van der Waals surface area contributed by atoms with Gasteiger partial charge in [-0.1, -0.05) is 42.5 Å². The smallest absolute Gasteiger partial charge is 0.264 e. The number of imidazole rings is 1. The van der Waals surface area contributed by atoms with E-state index >= 15 is 0 Å². The molecule has 4 aliphatic rings. The van der Waals surface area contributed by atoms with Crippen molar-refractivity contribution in [3.63, 3.8) is 0 Å². The van der Waals surface area contributed by atoms with Gasteiger partial charge in [0.15, 0.2) is 0 Å². The van der Waals surface area contributed by atoms with Crippen LogP contribution >= 0.6 is 0 Å². The van der Waals surface area contributed by atoms with Crippen LogP contribution in [0.15, 0.2) is 77.7 Å². The predicted molar refractivity (Wildman–Crippen MR) is 180 cm³/mol. The highest BCUT2D eigenvalue weighted by molar-refractivity contribution is 7.90. The van der Waals surface area contributed by atoms with Crippen molar-refractivity contribution in [1.82, 2.24) is 24.1 Å². The molecule has 0 saturated carbocycles. The van der Waals surface area contributed by atoms with Gasteiger partial charge in [0.1, 0.15) is 5.82 Å². The molecule has 9 nitrogen and oxygen atoms in total. The number of benzene rings is 3. The number of sulfonamides is 1. The number of piperidine rings is 2. The third-order valence-corrected chi connectivity index (χ3v) is 12.9. The van der Waals surface area contributed by atoms with Crippen LogP contribution in [0.3, 0.4) is 0 Å². The van der Waals surface area contributed by atoms with Crippen LogP contribution in [0.4, 0.5) is 0 Å². The van der Waals surface area contributed by atoms with E-state index < -0.39 is 15.9 Å². The van der Waals surface area contributed by atoms with E-state index in [0.717, 1.165) is 50.0 Å².